The zero-order chi connectivity index (χ0) is 18.0. The molecule has 0 bridgehead atoms. The van der Waals surface area contributed by atoms with Crippen LogP contribution in [-0.2, 0) is 9.84 Å². The van der Waals surface area contributed by atoms with Gasteiger partial charge in [-0.15, -0.1) is 0 Å². The second-order valence-corrected chi connectivity index (χ2v) is 8.29. The Morgan fingerprint density at radius 2 is 1.60 bits per heavy atom. The van der Waals surface area contributed by atoms with Crippen molar-refractivity contribution in [1.82, 2.24) is 0 Å². The second kappa shape index (κ2) is 7.06. The summed E-state index contributed by atoms with van der Waals surface area (Å²) in [7, 11) is -3.22. The molecule has 0 aliphatic heterocycles. The molecule has 0 saturated carbocycles. The van der Waals surface area contributed by atoms with E-state index < -0.39 is 9.84 Å². The molecule has 0 atom stereocenters. The molecule has 1 heterocycles. The molecule has 0 aliphatic carbocycles. The standard InChI is InChI=1S/C19H17BrO4S/c1-3-23-15-8-4-14(5-9-15)18-17(12-24-19(18)20)13-6-10-16(11-7-13)25(2,21)22/h4-12H,3H2,1-2H3. The molecule has 0 amide bonds. The Morgan fingerprint density at radius 3 is 2.16 bits per heavy atom. The smallest absolute Gasteiger partial charge is 0.177 e. The molecule has 6 heteroatoms. The molecule has 0 unspecified atom stereocenters. The molecular formula is C19H17BrO4S. The molecule has 25 heavy (non-hydrogen) atoms. The fraction of sp³-hybridized carbons (Fsp3) is 0.158. The number of halogens is 1. The fourth-order valence-electron chi connectivity index (χ4n) is 2.58. The molecule has 0 N–H and O–H groups in total. The van der Waals surface area contributed by atoms with Crippen LogP contribution in [0, 0.1) is 0 Å². The molecule has 2 aromatic carbocycles. The van der Waals surface area contributed by atoms with E-state index in [0.717, 1.165) is 28.0 Å². The van der Waals surface area contributed by atoms with Crippen LogP contribution in [0.4, 0.5) is 0 Å². The largest absolute Gasteiger partial charge is 0.494 e. The van der Waals surface area contributed by atoms with Crippen molar-refractivity contribution in [3.8, 4) is 28.0 Å². The van der Waals surface area contributed by atoms with Gasteiger partial charge in [-0.3, -0.25) is 0 Å². The maximum absolute atomic E-state index is 11.6. The van der Waals surface area contributed by atoms with E-state index >= 15 is 0 Å². The van der Waals surface area contributed by atoms with Crippen molar-refractivity contribution in [1.29, 1.82) is 0 Å². The molecule has 0 spiro atoms. The topological polar surface area (TPSA) is 56.5 Å². The Morgan fingerprint density at radius 1 is 1.00 bits per heavy atom. The zero-order valence-corrected chi connectivity index (χ0v) is 16.2. The highest BCUT2D eigenvalue weighted by Gasteiger charge is 2.16. The molecule has 1 aromatic heterocycles. The molecule has 0 fully saturated rings. The van der Waals surface area contributed by atoms with Gasteiger partial charge in [0.25, 0.3) is 0 Å². The van der Waals surface area contributed by atoms with E-state index in [1.807, 2.05) is 31.2 Å². The molecular weight excluding hydrogens is 404 g/mol. The molecule has 4 nitrogen and oxygen atoms in total. The first-order chi connectivity index (χ1) is 11.9. The summed E-state index contributed by atoms with van der Waals surface area (Å²) in [5.74, 6) is 0.810. The minimum absolute atomic E-state index is 0.293. The Balaban J connectivity index is 2.02. The summed E-state index contributed by atoms with van der Waals surface area (Å²) in [5.41, 5.74) is 3.66. The lowest BCUT2D eigenvalue weighted by Gasteiger charge is -2.07. The number of ether oxygens (including phenoxy) is 1. The van der Waals surface area contributed by atoms with Gasteiger partial charge in [0.05, 0.1) is 11.5 Å². The fourth-order valence-corrected chi connectivity index (χ4v) is 3.75. The van der Waals surface area contributed by atoms with E-state index in [-0.39, 0.29) is 0 Å². The number of sulfone groups is 1. The monoisotopic (exact) mass is 420 g/mol. The van der Waals surface area contributed by atoms with E-state index in [1.54, 1.807) is 30.5 Å². The number of hydrogen-bond acceptors (Lipinski definition) is 4. The van der Waals surface area contributed by atoms with Gasteiger partial charge in [-0.25, -0.2) is 8.42 Å². The minimum Gasteiger partial charge on any atom is -0.494 e. The first-order valence-electron chi connectivity index (χ1n) is 7.71. The normalized spacial score (nSPS) is 11.5. The summed E-state index contributed by atoms with van der Waals surface area (Å²) in [6, 6.07) is 14.5. The van der Waals surface area contributed by atoms with E-state index in [0.29, 0.717) is 16.2 Å². The number of rotatable bonds is 5. The van der Waals surface area contributed by atoms with Gasteiger partial charge in [0.1, 0.15) is 12.0 Å². The van der Waals surface area contributed by atoms with Gasteiger partial charge in [0.15, 0.2) is 14.5 Å². The van der Waals surface area contributed by atoms with Gasteiger partial charge in [0, 0.05) is 17.4 Å². The molecule has 0 saturated heterocycles. The average Bonchev–Trinajstić information content (AvgIpc) is 2.97. The Kier molecular flexibility index (Phi) is 5.01. The summed E-state index contributed by atoms with van der Waals surface area (Å²) >= 11 is 3.45. The Hall–Kier alpha value is -2.05. The summed E-state index contributed by atoms with van der Waals surface area (Å²) in [6.07, 6.45) is 2.85. The van der Waals surface area contributed by atoms with Crippen LogP contribution < -0.4 is 4.74 Å². The van der Waals surface area contributed by atoms with Gasteiger partial charge in [0.2, 0.25) is 0 Å². The van der Waals surface area contributed by atoms with E-state index in [1.165, 1.54) is 6.26 Å². The number of benzene rings is 2. The molecule has 3 rings (SSSR count). The van der Waals surface area contributed by atoms with Crippen molar-refractivity contribution < 1.29 is 17.6 Å². The summed E-state index contributed by atoms with van der Waals surface area (Å²) in [5, 5.41) is 0. The van der Waals surface area contributed by atoms with Crippen LogP contribution in [0.3, 0.4) is 0 Å². The van der Waals surface area contributed by atoms with Crippen LogP contribution in [-0.4, -0.2) is 21.3 Å². The zero-order valence-electron chi connectivity index (χ0n) is 13.8. The van der Waals surface area contributed by atoms with Crippen molar-refractivity contribution in [3.63, 3.8) is 0 Å². The highest BCUT2D eigenvalue weighted by atomic mass is 79.9. The Bertz CT molecular complexity index is 971. The lowest BCUT2D eigenvalue weighted by atomic mass is 9.99. The van der Waals surface area contributed by atoms with Crippen LogP contribution in [0.5, 0.6) is 5.75 Å². The second-order valence-electron chi connectivity index (χ2n) is 5.55. The van der Waals surface area contributed by atoms with Gasteiger partial charge in [-0.1, -0.05) is 24.3 Å². The highest BCUT2D eigenvalue weighted by Crippen LogP contribution is 2.40. The van der Waals surface area contributed by atoms with Gasteiger partial charge in [-0.2, -0.15) is 0 Å². The molecule has 0 radical (unpaired) electrons. The van der Waals surface area contributed by atoms with Gasteiger partial charge >= 0.3 is 0 Å². The van der Waals surface area contributed by atoms with E-state index in [9.17, 15) is 8.42 Å². The summed E-state index contributed by atoms with van der Waals surface area (Å²) in [6.45, 7) is 2.56. The lowest BCUT2D eigenvalue weighted by molar-refractivity contribution is 0.340. The molecule has 130 valence electrons. The predicted molar refractivity (Wildman–Crippen MR) is 102 cm³/mol. The van der Waals surface area contributed by atoms with Crippen LogP contribution in [0.25, 0.3) is 22.3 Å². The third kappa shape index (κ3) is 3.80. The third-order valence-electron chi connectivity index (χ3n) is 3.79. The van der Waals surface area contributed by atoms with E-state index in [4.69, 9.17) is 9.15 Å². The van der Waals surface area contributed by atoms with Crippen molar-refractivity contribution >= 4 is 25.8 Å². The average molecular weight is 421 g/mol. The van der Waals surface area contributed by atoms with Gasteiger partial charge < -0.3 is 9.15 Å². The third-order valence-corrected chi connectivity index (χ3v) is 5.51. The van der Waals surface area contributed by atoms with Gasteiger partial charge in [-0.05, 0) is 58.2 Å². The molecule has 0 aliphatic rings. The first kappa shape index (κ1) is 17.8. The SMILES string of the molecule is CCOc1ccc(-c2c(-c3ccc(S(C)(=O)=O)cc3)coc2Br)cc1. The van der Waals surface area contributed by atoms with Crippen molar-refractivity contribution in [3.05, 3.63) is 59.5 Å². The minimum atomic E-state index is -3.22. The Labute approximate surface area is 155 Å². The van der Waals surface area contributed by atoms with Crippen molar-refractivity contribution in [2.24, 2.45) is 0 Å². The van der Waals surface area contributed by atoms with Crippen LogP contribution in [0.2, 0.25) is 0 Å². The maximum Gasteiger partial charge on any atom is 0.177 e. The first-order valence-corrected chi connectivity index (χ1v) is 10.4. The highest BCUT2D eigenvalue weighted by molar-refractivity contribution is 9.10. The summed E-state index contributed by atoms with van der Waals surface area (Å²) < 4.78 is 34.9. The quantitative estimate of drug-likeness (QED) is 0.570. The number of hydrogen-bond donors (Lipinski definition) is 0. The number of furan rings is 1. The molecule has 3 aromatic rings. The van der Waals surface area contributed by atoms with Crippen LogP contribution in [0.1, 0.15) is 6.92 Å². The van der Waals surface area contributed by atoms with Crippen LogP contribution >= 0.6 is 15.9 Å². The van der Waals surface area contributed by atoms with Crippen LogP contribution in [0.15, 0.2) is 68.8 Å². The van der Waals surface area contributed by atoms with Crippen molar-refractivity contribution in [2.75, 3.05) is 12.9 Å². The maximum atomic E-state index is 11.6. The lowest BCUT2D eigenvalue weighted by Crippen LogP contribution is -1.96. The van der Waals surface area contributed by atoms with Crippen molar-refractivity contribution in [2.45, 2.75) is 11.8 Å². The predicted octanol–water partition coefficient (Wildman–Crippen LogP) is 5.18. The van der Waals surface area contributed by atoms with E-state index in [2.05, 4.69) is 15.9 Å². The summed E-state index contributed by atoms with van der Waals surface area (Å²) in [4.78, 5) is 0.293.